The number of sulfonamides is 1. The van der Waals surface area contributed by atoms with Crippen molar-refractivity contribution in [1.29, 1.82) is 0 Å². The molecule has 0 aliphatic carbocycles. The first-order chi connectivity index (χ1) is 15.1. The van der Waals surface area contributed by atoms with Gasteiger partial charge in [0, 0.05) is 11.3 Å². The summed E-state index contributed by atoms with van der Waals surface area (Å²) in [5, 5.41) is 0. The highest BCUT2D eigenvalue weighted by atomic mass is 32.2. The first kappa shape index (κ1) is 24.4. The molecule has 3 aromatic carbocycles. The molecule has 0 heterocycles. The van der Waals surface area contributed by atoms with Gasteiger partial charge in [-0.25, -0.2) is 21.6 Å². The number of anilines is 1. The van der Waals surface area contributed by atoms with E-state index in [2.05, 4.69) is 0 Å². The highest BCUT2D eigenvalue weighted by molar-refractivity contribution is 7.92. The van der Waals surface area contributed by atoms with Gasteiger partial charge in [-0.3, -0.25) is 4.72 Å². The number of alkyl halides is 6. The molecule has 0 saturated carbocycles. The lowest BCUT2D eigenvalue weighted by Gasteiger charge is -2.18. The molecule has 33 heavy (non-hydrogen) atoms. The average molecular weight is 499 g/mol. The van der Waals surface area contributed by atoms with Crippen molar-refractivity contribution >= 4 is 15.7 Å². The van der Waals surface area contributed by atoms with Gasteiger partial charge < -0.3 is 0 Å². The van der Waals surface area contributed by atoms with Crippen molar-refractivity contribution in [3.63, 3.8) is 0 Å². The molecule has 13 heteroatoms. The second-order valence-corrected chi connectivity index (χ2v) is 8.27. The predicted molar refractivity (Wildman–Crippen MR) is 99.0 cm³/mol. The Morgan fingerprint density at radius 2 is 1.18 bits per heavy atom. The van der Waals surface area contributed by atoms with E-state index in [9.17, 15) is 47.9 Å². The van der Waals surface area contributed by atoms with Gasteiger partial charge in [0.05, 0.1) is 16.0 Å². The fourth-order valence-electron chi connectivity index (χ4n) is 2.89. The topological polar surface area (TPSA) is 46.2 Å². The largest absolute Gasteiger partial charge is 0.419 e. The van der Waals surface area contributed by atoms with Crippen molar-refractivity contribution in [2.75, 3.05) is 4.72 Å². The standard InChI is InChI=1S/C20H10F9NO2S/c21-15-8-12(10-6-13(19(24,25)26)18(23)14(7-10)20(27,28)29)17(9-16(15)22)33(31,32)30-11-4-2-1-3-5-11/h1-9,30H. The Labute approximate surface area is 180 Å². The SMILES string of the molecule is O=S(=O)(Nc1ccccc1)c1cc(F)c(F)cc1-c1cc(C(F)(F)F)c(F)c(C(F)(F)F)c1. The number of hydrogen-bond donors (Lipinski definition) is 1. The monoisotopic (exact) mass is 499 g/mol. The summed E-state index contributed by atoms with van der Waals surface area (Å²) in [6.07, 6.45) is -11.2. The van der Waals surface area contributed by atoms with Crippen LogP contribution in [0.25, 0.3) is 11.1 Å². The third-order valence-corrected chi connectivity index (χ3v) is 5.75. The van der Waals surface area contributed by atoms with E-state index >= 15 is 0 Å². The maximum absolute atomic E-state index is 14.0. The van der Waals surface area contributed by atoms with Gasteiger partial charge in [0.1, 0.15) is 5.82 Å². The van der Waals surface area contributed by atoms with E-state index in [0.717, 1.165) is 0 Å². The highest BCUT2D eigenvalue weighted by Crippen LogP contribution is 2.42. The third kappa shape index (κ3) is 5.07. The van der Waals surface area contributed by atoms with Crippen LogP contribution in [0.5, 0.6) is 0 Å². The molecule has 176 valence electrons. The molecule has 0 amide bonds. The predicted octanol–water partition coefficient (Wildman–Crippen LogP) is 6.61. The zero-order valence-corrected chi connectivity index (χ0v) is 16.6. The second-order valence-electron chi connectivity index (χ2n) is 6.61. The maximum Gasteiger partial charge on any atom is 0.419 e. The number of benzene rings is 3. The van der Waals surface area contributed by atoms with Crippen molar-refractivity contribution in [1.82, 2.24) is 0 Å². The lowest BCUT2D eigenvalue weighted by Crippen LogP contribution is -2.17. The number of rotatable bonds is 4. The molecule has 3 aromatic rings. The molecule has 3 rings (SSSR count). The molecule has 0 saturated heterocycles. The molecule has 3 nitrogen and oxygen atoms in total. The van der Waals surface area contributed by atoms with E-state index in [1.165, 1.54) is 30.3 Å². The maximum atomic E-state index is 14.0. The molecule has 0 spiro atoms. The van der Waals surface area contributed by atoms with Crippen LogP contribution >= 0.6 is 0 Å². The fraction of sp³-hybridized carbons (Fsp3) is 0.100. The number of halogens is 9. The molecule has 0 aliphatic rings. The molecule has 0 aromatic heterocycles. The summed E-state index contributed by atoms with van der Waals surface area (Å²) < 4.78 is 149. The molecular weight excluding hydrogens is 489 g/mol. The Balaban J connectivity index is 2.33. The van der Waals surface area contributed by atoms with E-state index in [1.54, 1.807) is 0 Å². The summed E-state index contributed by atoms with van der Waals surface area (Å²) in [6.45, 7) is 0. The summed E-state index contributed by atoms with van der Waals surface area (Å²) in [5.41, 5.74) is -7.01. The van der Waals surface area contributed by atoms with Crippen LogP contribution < -0.4 is 4.72 Å². The van der Waals surface area contributed by atoms with Gasteiger partial charge in [0.25, 0.3) is 10.0 Å². The Morgan fingerprint density at radius 1 is 0.697 bits per heavy atom. The smallest absolute Gasteiger partial charge is 0.280 e. The summed E-state index contributed by atoms with van der Waals surface area (Å²) >= 11 is 0. The van der Waals surface area contributed by atoms with E-state index in [4.69, 9.17) is 0 Å². The number of hydrogen-bond acceptors (Lipinski definition) is 2. The van der Waals surface area contributed by atoms with Gasteiger partial charge in [-0.1, -0.05) is 18.2 Å². The minimum absolute atomic E-state index is 0.0840. The van der Waals surface area contributed by atoms with Crippen LogP contribution in [0.3, 0.4) is 0 Å². The lowest BCUT2D eigenvalue weighted by atomic mass is 9.98. The van der Waals surface area contributed by atoms with E-state index in [1.807, 2.05) is 4.72 Å². The van der Waals surface area contributed by atoms with Crippen LogP contribution in [0, 0.1) is 17.5 Å². The minimum atomic E-state index is -5.61. The van der Waals surface area contributed by atoms with Gasteiger partial charge in [0.2, 0.25) is 0 Å². The Hall–Kier alpha value is -3.22. The summed E-state index contributed by atoms with van der Waals surface area (Å²) in [6, 6.07) is 6.79. The zero-order valence-electron chi connectivity index (χ0n) is 15.8. The lowest BCUT2D eigenvalue weighted by molar-refractivity contribution is -0.147. The minimum Gasteiger partial charge on any atom is -0.280 e. The summed E-state index contributed by atoms with van der Waals surface area (Å²) in [7, 11) is -4.85. The molecular formula is C20H10F9NO2S. The summed E-state index contributed by atoms with van der Waals surface area (Å²) in [5.74, 6) is -6.13. The van der Waals surface area contributed by atoms with Crippen LogP contribution in [0.4, 0.5) is 45.2 Å². The van der Waals surface area contributed by atoms with Crippen molar-refractivity contribution in [2.45, 2.75) is 17.2 Å². The van der Waals surface area contributed by atoms with Crippen molar-refractivity contribution in [2.24, 2.45) is 0 Å². The van der Waals surface area contributed by atoms with Crippen molar-refractivity contribution in [3.05, 3.63) is 83.2 Å². The molecule has 1 N–H and O–H groups in total. The van der Waals surface area contributed by atoms with Crippen LogP contribution in [0.1, 0.15) is 11.1 Å². The van der Waals surface area contributed by atoms with Gasteiger partial charge in [-0.15, -0.1) is 0 Å². The van der Waals surface area contributed by atoms with Gasteiger partial charge >= 0.3 is 12.4 Å². The van der Waals surface area contributed by atoms with Crippen LogP contribution in [0.2, 0.25) is 0 Å². The fourth-order valence-corrected chi connectivity index (χ4v) is 4.17. The average Bonchev–Trinajstić information content (AvgIpc) is 2.68. The van der Waals surface area contributed by atoms with Gasteiger partial charge in [0.15, 0.2) is 11.6 Å². The molecule has 0 aliphatic heterocycles. The molecule has 0 bridgehead atoms. The molecule has 0 fully saturated rings. The second kappa shape index (κ2) is 8.28. The molecule has 0 radical (unpaired) electrons. The number of nitrogens with one attached hydrogen (secondary N) is 1. The summed E-state index contributed by atoms with van der Waals surface area (Å²) in [4.78, 5) is -1.17. The first-order valence-electron chi connectivity index (χ1n) is 8.66. The highest BCUT2D eigenvalue weighted by Gasteiger charge is 2.42. The van der Waals surface area contributed by atoms with E-state index in [0.29, 0.717) is 0 Å². The number of para-hydroxylation sites is 1. The molecule has 0 atom stereocenters. The quantitative estimate of drug-likeness (QED) is 0.411. The Morgan fingerprint density at radius 3 is 1.67 bits per heavy atom. The van der Waals surface area contributed by atoms with Crippen LogP contribution in [-0.2, 0) is 22.4 Å². The Kier molecular flexibility index (Phi) is 6.13. The van der Waals surface area contributed by atoms with Crippen LogP contribution in [-0.4, -0.2) is 8.42 Å². The van der Waals surface area contributed by atoms with E-state index in [-0.39, 0.29) is 30.0 Å². The van der Waals surface area contributed by atoms with E-state index < -0.39 is 67.0 Å². The van der Waals surface area contributed by atoms with Crippen molar-refractivity contribution in [3.8, 4) is 11.1 Å². The van der Waals surface area contributed by atoms with Crippen molar-refractivity contribution < 1.29 is 47.9 Å². The Bertz CT molecular complexity index is 1270. The zero-order chi connectivity index (χ0) is 24.8. The normalized spacial score (nSPS) is 12.6. The van der Waals surface area contributed by atoms with Gasteiger partial charge in [-0.2, -0.15) is 26.3 Å². The van der Waals surface area contributed by atoms with Gasteiger partial charge in [-0.05, 0) is 42.0 Å². The third-order valence-electron chi connectivity index (χ3n) is 4.33. The first-order valence-corrected chi connectivity index (χ1v) is 10.1. The van der Waals surface area contributed by atoms with Crippen LogP contribution in [0.15, 0.2) is 59.5 Å². The molecule has 0 unspecified atom stereocenters.